The highest BCUT2D eigenvalue weighted by Crippen LogP contribution is 2.33. The first-order valence-electron chi connectivity index (χ1n) is 9.45. The SMILES string of the molecule is Cn1ccc(C(=O)N2CCCC3(CC2)CN(c2ccc(F)cc2)C(=O)CO3)n1. The van der Waals surface area contributed by atoms with E-state index in [9.17, 15) is 14.0 Å². The lowest BCUT2D eigenvalue weighted by Crippen LogP contribution is -2.55. The lowest BCUT2D eigenvalue weighted by atomic mass is 9.92. The third kappa shape index (κ3) is 3.64. The van der Waals surface area contributed by atoms with Gasteiger partial charge < -0.3 is 14.5 Å². The monoisotopic (exact) mass is 386 g/mol. The zero-order valence-electron chi connectivity index (χ0n) is 15.8. The summed E-state index contributed by atoms with van der Waals surface area (Å²) in [6.45, 7) is 1.57. The lowest BCUT2D eigenvalue weighted by molar-refractivity contribution is -0.140. The second-order valence-electron chi connectivity index (χ2n) is 7.45. The van der Waals surface area contributed by atoms with E-state index in [1.165, 1.54) is 12.1 Å². The van der Waals surface area contributed by atoms with Crippen LogP contribution in [0.1, 0.15) is 29.8 Å². The number of aromatic nitrogens is 2. The third-order valence-corrected chi connectivity index (χ3v) is 5.51. The molecule has 2 aliphatic rings. The molecule has 8 heteroatoms. The molecular formula is C20H23FN4O3. The first kappa shape index (κ1) is 18.6. The van der Waals surface area contributed by atoms with Crippen LogP contribution < -0.4 is 4.90 Å². The van der Waals surface area contributed by atoms with Gasteiger partial charge >= 0.3 is 0 Å². The molecule has 28 heavy (non-hydrogen) atoms. The number of carbonyl (C=O) groups is 2. The van der Waals surface area contributed by atoms with Gasteiger partial charge in [0.1, 0.15) is 18.1 Å². The first-order chi connectivity index (χ1) is 13.5. The van der Waals surface area contributed by atoms with Crippen molar-refractivity contribution in [1.82, 2.24) is 14.7 Å². The summed E-state index contributed by atoms with van der Waals surface area (Å²) in [5, 5.41) is 4.20. The van der Waals surface area contributed by atoms with Gasteiger partial charge in [0.15, 0.2) is 0 Å². The highest BCUT2D eigenvalue weighted by molar-refractivity contribution is 5.95. The standard InChI is InChI=1S/C20H23FN4O3/c1-23-11-7-17(22-23)19(27)24-10-2-8-20(9-12-24)14-25(18(26)13-28-20)16-5-3-15(21)4-6-16/h3-7,11H,2,8-10,12-14H2,1H3. The molecule has 1 unspecified atom stereocenters. The number of nitrogens with zero attached hydrogens (tertiary/aromatic N) is 4. The summed E-state index contributed by atoms with van der Waals surface area (Å²) in [5.74, 6) is -0.555. The van der Waals surface area contributed by atoms with Crippen molar-refractivity contribution in [2.45, 2.75) is 24.9 Å². The number of halogens is 1. The van der Waals surface area contributed by atoms with Crippen LogP contribution in [0.5, 0.6) is 0 Å². The van der Waals surface area contributed by atoms with Crippen LogP contribution in [0.3, 0.4) is 0 Å². The molecule has 1 aromatic carbocycles. The Labute approximate surface area is 162 Å². The van der Waals surface area contributed by atoms with E-state index in [2.05, 4.69) is 5.10 Å². The van der Waals surface area contributed by atoms with Gasteiger partial charge in [-0.3, -0.25) is 14.3 Å². The predicted octanol–water partition coefficient (Wildman–Crippen LogP) is 1.99. The molecule has 0 saturated carbocycles. The van der Waals surface area contributed by atoms with Crippen LogP contribution in [0.2, 0.25) is 0 Å². The Bertz CT molecular complexity index is 882. The van der Waals surface area contributed by atoms with Crippen LogP contribution in [0.4, 0.5) is 10.1 Å². The fourth-order valence-corrected chi connectivity index (χ4v) is 3.94. The first-order valence-corrected chi connectivity index (χ1v) is 9.45. The van der Waals surface area contributed by atoms with Gasteiger partial charge in [0, 0.05) is 32.0 Å². The molecule has 0 aliphatic carbocycles. The van der Waals surface area contributed by atoms with E-state index < -0.39 is 5.60 Å². The molecule has 1 spiro atoms. The second-order valence-corrected chi connectivity index (χ2v) is 7.45. The number of ether oxygens (including phenoxy) is 1. The number of aryl methyl sites for hydroxylation is 1. The summed E-state index contributed by atoms with van der Waals surface area (Å²) >= 11 is 0. The number of rotatable bonds is 2. The van der Waals surface area contributed by atoms with Crippen molar-refractivity contribution in [2.75, 3.05) is 31.1 Å². The Hall–Kier alpha value is -2.74. The molecule has 7 nitrogen and oxygen atoms in total. The van der Waals surface area contributed by atoms with Gasteiger partial charge in [0.2, 0.25) is 0 Å². The van der Waals surface area contributed by atoms with E-state index >= 15 is 0 Å². The topological polar surface area (TPSA) is 67.7 Å². The zero-order chi connectivity index (χ0) is 19.7. The van der Waals surface area contributed by atoms with Crippen molar-refractivity contribution in [1.29, 1.82) is 0 Å². The minimum absolute atomic E-state index is 0.00837. The highest BCUT2D eigenvalue weighted by atomic mass is 19.1. The van der Waals surface area contributed by atoms with E-state index in [-0.39, 0.29) is 24.2 Å². The van der Waals surface area contributed by atoms with Crippen molar-refractivity contribution in [3.63, 3.8) is 0 Å². The Morgan fingerprint density at radius 3 is 2.68 bits per heavy atom. The summed E-state index contributed by atoms with van der Waals surface area (Å²) in [6.07, 6.45) is 3.92. The molecule has 0 radical (unpaired) electrons. The quantitative estimate of drug-likeness (QED) is 0.792. The minimum Gasteiger partial charge on any atom is -0.363 e. The second kappa shape index (κ2) is 7.35. The minimum atomic E-state index is -0.499. The summed E-state index contributed by atoms with van der Waals surface area (Å²) in [5.41, 5.74) is 0.604. The van der Waals surface area contributed by atoms with E-state index in [1.54, 1.807) is 45.9 Å². The number of hydrogen-bond acceptors (Lipinski definition) is 4. The third-order valence-electron chi connectivity index (χ3n) is 5.51. The van der Waals surface area contributed by atoms with Crippen LogP contribution in [0.15, 0.2) is 36.5 Å². The number of amides is 2. The lowest BCUT2D eigenvalue weighted by Gasteiger charge is -2.42. The van der Waals surface area contributed by atoms with Gasteiger partial charge in [-0.1, -0.05) is 0 Å². The number of benzene rings is 1. The molecule has 3 heterocycles. The van der Waals surface area contributed by atoms with Crippen LogP contribution in [-0.2, 0) is 16.6 Å². The van der Waals surface area contributed by atoms with E-state index in [0.29, 0.717) is 37.4 Å². The molecule has 0 bridgehead atoms. The Kier molecular flexibility index (Phi) is 4.89. The maximum Gasteiger partial charge on any atom is 0.274 e. The van der Waals surface area contributed by atoms with Gasteiger partial charge in [-0.2, -0.15) is 5.10 Å². The van der Waals surface area contributed by atoms with Crippen LogP contribution in [0.25, 0.3) is 0 Å². The summed E-state index contributed by atoms with van der Waals surface area (Å²) < 4.78 is 20.8. The van der Waals surface area contributed by atoms with Gasteiger partial charge in [0.25, 0.3) is 11.8 Å². The Morgan fingerprint density at radius 1 is 1.18 bits per heavy atom. The zero-order valence-corrected chi connectivity index (χ0v) is 15.8. The van der Waals surface area contributed by atoms with Crippen molar-refractivity contribution in [2.24, 2.45) is 7.05 Å². The van der Waals surface area contributed by atoms with Gasteiger partial charge in [-0.05, 0) is 49.6 Å². The smallest absolute Gasteiger partial charge is 0.274 e. The van der Waals surface area contributed by atoms with E-state index in [4.69, 9.17) is 4.74 Å². The summed E-state index contributed by atoms with van der Waals surface area (Å²) in [7, 11) is 1.78. The number of morpholine rings is 1. The van der Waals surface area contributed by atoms with Crippen LogP contribution >= 0.6 is 0 Å². The molecule has 0 N–H and O–H groups in total. The Balaban J connectivity index is 1.48. The van der Waals surface area contributed by atoms with Crippen LogP contribution in [0, 0.1) is 5.82 Å². The van der Waals surface area contributed by atoms with E-state index in [0.717, 1.165) is 12.8 Å². The number of carbonyl (C=O) groups excluding carboxylic acids is 2. The van der Waals surface area contributed by atoms with Crippen molar-refractivity contribution >= 4 is 17.5 Å². The molecule has 2 aliphatic heterocycles. The van der Waals surface area contributed by atoms with Gasteiger partial charge in [-0.15, -0.1) is 0 Å². The van der Waals surface area contributed by atoms with E-state index in [1.807, 2.05) is 0 Å². The molecule has 1 atom stereocenters. The average Bonchev–Trinajstić information content (AvgIpc) is 3.02. The summed E-state index contributed by atoms with van der Waals surface area (Å²) in [6, 6.07) is 7.64. The normalized spacial score (nSPS) is 23.1. The summed E-state index contributed by atoms with van der Waals surface area (Å²) in [4.78, 5) is 28.6. The van der Waals surface area contributed by atoms with Crippen molar-refractivity contribution in [3.05, 3.63) is 48.0 Å². The molecule has 1 aromatic heterocycles. The molecule has 2 fully saturated rings. The molecule has 2 aromatic rings. The molecule has 2 amide bonds. The number of anilines is 1. The number of likely N-dealkylation sites (tertiary alicyclic amines) is 1. The van der Waals surface area contributed by atoms with Crippen LogP contribution in [-0.4, -0.2) is 58.3 Å². The van der Waals surface area contributed by atoms with Gasteiger partial charge in [0.05, 0.1) is 12.1 Å². The van der Waals surface area contributed by atoms with Crippen molar-refractivity contribution in [3.8, 4) is 0 Å². The maximum atomic E-state index is 13.2. The largest absolute Gasteiger partial charge is 0.363 e. The molecule has 4 rings (SSSR count). The molecule has 2 saturated heterocycles. The predicted molar refractivity (Wildman–Crippen MR) is 100 cm³/mol. The fraction of sp³-hybridized carbons (Fsp3) is 0.450. The van der Waals surface area contributed by atoms with Crippen molar-refractivity contribution < 1.29 is 18.7 Å². The van der Waals surface area contributed by atoms with Gasteiger partial charge in [-0.25, -0.2) is 4.39 Å². The maximum absolute atomic E-state index is 13.2. The average molecular weight is 386 g/mol. The fourth-order valence-electron chi connectivity index (χ4n) is 3.94. The highest BCUT2D eigenvalue weighted by Gasteiger charge is 2.42. The Morgan fingerprint density at radius 2 is 1.96 bits per heavy atom. The number of hydrogen-bond donors (Lipinski definition) is 0. The molecular weight excluding hydrogens is 363 g/mol. The molecule has 148 valence electrons.